The number of anilines is 2. The largest absolute Gasteiger partial charge is 0.443 e. The maximum Gasteiger partial charge on any atom is 0.250 e. The molecule has 0 amide bonds. The van der Waals surface area contributed by atoms with Crippen molar-refractivity contribution < 1.29 is 13.6 Å². The second-order valence-electron chi connectivity index (χ2n) is 6.95. The average Bonchev–Trinajstić information content (AvgIpc) is 3.31. The van der Waals surface area contributed by atoms with E-state index in [1.54, 1.807) is 19.3 Å². The zero-order chi connectivity index (χ0) is 22.8. The number of nitrogens with zero attached hydrogens (tertiary/aromatic N) is 5. The van der Waals surface area contributed by atoms with Crippen LogP contribution in [0.15, 0.2) is 52.1 Å². The molecule has 0 spiro atoms. The van der Waals surface area contributed by atoms with E-state index in [2.05, 4.69) is 19.9 Å². The fourth-order valence-corrected chi connectivity index (χ4v) is 3.11. The molecule has 0 aliphatic rings. The third-order valence-corrected chi connectivity index (χ3v) is 4.71. The smallest absolute Gasteiger partial charge is 0.250 e. The maximum absolute atomic E-state index is 13.9. The van der Waals surface area contributed by atoms with Gasteiger partial charge in [0.25, 0.3) is 0 Å². The molecular weight excluding hydrogens is 417 g/mol. The molecule has 162 valence electrons. The van der Waals surface area contributed by atoms with Crippen LogP contribution in [0.1, 0.15) is 22.6 Å². The maximum atomic E-state index is 13.9. The molecule has 0 saturated carbocycles. The van der Waals surface area contributed by atoms with Crippen molar-refractivity contribution in [2.24, 2.45) is 7.05 Å². The first kappa shape index (κ1) is 20.8. The Labute approximate surface area is 180 Å². The van der Waals surface area contributed by atoms with Crippen LogP contribution in [0.5, 0.6) is 0 Å². The fourth-order valence-electron chi connectivity index (χ4n) is 3.11. The van der Waals surface area contributed by atoms with Crippen LogP contribution in [-0.4, -0.2) is 30.3 Å². The standard InChI is InChI=1S/C21H18FN7O3/c1-29-10-11(2-7-16(29)31)17-19(21-25-8-9-32-21)28-20(24)18(27-17)14(30)5-4-13-12(22)3-6-15(23)26-13/h2-3,6-10H,4-5H2,1H3,(H2,23,26)(H2,24,28). The lowest BCUT2D eigenvalue weighted by Crippen LogP contribution is -2.16. The molecule has 4 N–H and O–H groups in total. The van der Waals surface area contributed by atoms with Gasteiger partial charge in [-0.2, -0.15) is 0 Å². The number of pyridine rings is 2. The Morgan fingerprint density at radius 2 is 1.94 bits per heavy atom. The zero-order valence-electron chi connectivity index (χ0n) is 16.9. The number of Topliss-reactive ketones (excluding diaryl/α,β-unsaturated/α-hetero) is 1. The van der Waals surface area contributed by atoms with Crippen molar-refractivity contribution in [3.05, 3.63) is 70.5 Å². The Bertz CT molecular complexity index is 1370. The highest BCUT2D eigenvalue weighted by Gasteiger charge is 2.22. The van der Waals surface area contributed by atoms with Gasteiger partial charge in [-0.25, -0.2) is 24.3 Å². The molecular formula is C21H18FN7O3. The van der Waals surface area contributed by atoms with Gasteiger partial charge in [0.15, 0.2) is 17.3 Å². The predicted octanol–water partition coefficient (Wildman–Crippen LogP) is 2.01. The first-order valence-electron chi connectivity index (χ1n) is 9.52. The van der Waals surface area contributed by atoms with Gasteiger partial charge < -0.3 is 20.5 Å². The molecule has 0 fully saturated rings. The van der Waals surface area contributed by atoms with Gasteiger partial charge in [0.2, 0.25) is 11.4 Å². The van der Waals surface area contributed by atoms with E-state index < -0.39 is 11.6 Å². The summed E-state index contributed by atoms with van der Waals surface area (Å²) in [6.07, 6.45) is 4.24. The molecule has 0 saturated heterocycles. The summed E-state index contributed by atoms with van der Waals surface area (Å²) < 4.78 is 20.6. The molecule has 0 radical (unpaired) electrons. The molecule has 0 aromatic carbocycles. The number of oxazole rings is 1. The summed E-state index contributed by atoms with van der Waals surface area (Å²) in [5.74, 6) is -0.837. The number of carbonyl (C=O) groups excluding carboxylic acids is 1. The van der Waals surface area contributed by atoms with E-state index in [0.717, 1.165) is 0 Å². The van der Waals surface area contributed by atoms with Crippen LogP contribution in [0.25, 0.3) is 22.8 Å². The van der Waals surface area contributed by atoms with Crippen LogP contribution in [-0.2, 0) is 13.5 Å². The minimum absolute atomic E-state index is 0.00743. The van der Waals surface area contributed by atoms with Crippen LogP contribution in [0.4, 0.5) is 16.0 Å². The SMILES string of the molecule is Cn1cc(-c2nc(C(=O)CCc3nc(N)ccc3F)c(N)nc2-c2ncco2)ccc1=O. The molecule has 4 rings (SSSR count). The minimum atomic E-state index is -0.559. The van der Waals surface area contributed by atoms with Crippen LogP contribution in [0.3, 0.4) is 0 Å². The van der Waals surface area contributed by atoms with Gasteiger partial charge in [-0.1, -0.05) is 0 Å². The van der Waals surface area contributed by atoms with Gasteiger partial charge in [0.1, 0.15) is 29.3 Å². The zero-order valence-corrected chi connectivity index (χ0v) is 16.9. The molecule has 10 nitrogen and oxygen atoms in total. The van der Waals surface area contributed by atoms with Gasteiger partial charge in [-0.15, -0.1) is 0 Å². The molecule has 4 aromatic heterocycles. The lowest BCUT2D eigenvalue weighted by Gasteiger charge is -2.11. The molecule has 0 atom stereocenters. The molecule has 0 aliphatic heterocycles. The van der Waals surface area contributed by atoms with E-state index >= 15 is 0 Å². The van der Waals surface area contributed by atoms with Gasteiger partial charge >= 0.3 is 0 Å². The summed E-state index contributed by atoms with van der Waals surface area (Å²) in [6, 6.07) is 5.45. The van der Waals surface area contributed by atoms with Gasteiger partial charge in [-0.05, 0) is 24.6 Å². The number of nitrogen functional groups attached to an aromatic ring is 2. The third-order valence-electron chi connectivity index (χ3n) is 4.71. The van der Waals surface area contributed by atoms with E-state index in [1.807, 2.05) is 0 Å². The Kier molecular flexibility index (Phi) is 5.46. The summed E-state index contributed by atoms with van der Waals surface area (Å²) in [6.45, 7) is 0. The monoisotopic (exact) mass is 435 g/mol. The van der Waals surface area contributed by atoms with Gasteiger partial charge in [0.05, 0.1) is 11.9 Å². The Hall–Kier alpha value is -4.41. The van der Waals surface area contributed by atoms with Crippen molar-refractivity contribution in [1.82, 2.24) is 24.5 Å². The summed E-state index contributed by atoms with van der Waals surface area (Å²) in [4.78, 5) is 41.4. The molecule has 32 heavy (non-hydrogen) atoms. The fraction of sp³-hybridized carbons (Fsp3) is 0.143. The highest BCUT2D eigenvalue weighted by atomic mass is 19.1. The highest BCUT2D eigenvalue weighted by molar-refractivity contribution is 5.99. The van der Waals surface area contributed by atoms with Crippen molar-refractivity contribution in [2.45, 2.75) is 12.8 Å². The second-order valence-corrected chi connectivity index (χ2v) is 6.95. The number of rotatable bonds is 6. The summed E-state index contributed by atoms with van der Waals surface area (Å²) in [7, 11) is 1.58. The Balaban J connectivity index is 1.74. The molecule has 0 aliphatic carbocycles. The van der Waals surface area contributed by atoms with Gasteiger partial charge in [-0.3, -0.25) is 9.59 Å². The number of aryl methyl sites for hydroxylation is 2. The van der Waals surface area contributed by atoms with E-state index in [4.69, 9.17) is 15.9 Å². The number of aromatic nitrogens is 5. The van der Waals surface area contributed by atoms with Crippen LogP contribution in [0.2, 0.25) is 0 Å². The summed E-state index contributed by atoms with van der Waals surface area (Å²) >= 11 is 0. The minimum Gasteiger partial charge on any atom is -0.443 e. The predicted molar refractivity (Wildman–Crippen MR) is 114 cm³/mol. The van der Waals surface area contributed by atoms with E-state index in [1.165, 1.54) is 35.2 Å². The van der Waals surface area contributed by atoms with Crippen molar-refractivity contribution in [3.63, 3.8) is 0 Å². The molecule has 4 aromatic rings. The number of hydrogen-bond acceptors (Lipinski definition) is 9. The van der Waals surface area contributed by atoms with E-state index in [-0.39, 0.29) is 58.7 Å². The number of carbonyl (C=O) groups is 1. The molecule has 4 heterocycles. The Morgan fingerprint density at radius 1 is 1.12 bits per heavy atom. The lowest BCUT2D eigenvalue weighted by molar-refractivity contribution is 0.0978. The highest BCUT2D eigenvalue weighted by Crippen LogP contribution is 2.30. The van der Waals surface area contributed by atoms with Crippen molar-refractivity contribution in [1.29, 1.82) is 0 Å². The third kappa shape index (κ3) is 4.08. The van der Waals surface area contributed by atoms with E-state index in [0.29, 0.717) is 5.56 Å². The van der Waals surface area contributed by atoms with Crippen LogP contribution >= 0.6 is 0 Å². The summed E-state index contributed by atoms with van der Waals surface area (Å²) in [5, 5.41) is 0. The van der Waals surface area contributed by atoms with Crippen molar-refractivity contribution in [3.8, 4) is 22.8 Å². The van der Waals surface area contributed by atoms with Crippen LogP contribution in [0, 0.1) is 5.82 Å². The number of halogens is 1. The van der Waals surface area contributed by atoms with Gasteiger partial charge in [0, 0.05) is 31.3 Å². The second kappa shape index (κ2) is 8.38. The molecule has 11 heteroatoms. The topological polar surface area (TPSA) is 156 Å². The quantitative estimate of drug-likeness (QED) is 0.432. The molecule has 0 unspecified atom stereocenters. The molecule has 0 bridgehead atoms. The Morgan fingerprint density at radius 3 is 2.66 bits per heavy atom. The lowest BCUT2D eigenvalue weighted by atomic mass is 10.1. The first-order chi connectivity index (χ1) is 15.3. The average molecular weight is 435 g/mol. The van der Waals surface area contributed by atoms with E-state index in [9.17, 15) is 14.0 Å². The number of nitrogens with two attached hydrogens (primary N) is 2. The van der Waals surface area contributed by atoms with Crippen molar-refractivity contribution in [2.75, 3.05) is 11.5 Å². The number of hydrogen-bond donors (Lipinski definition) is 2. The normalized spacial score (nSPS) is 10.9. The first-order valence-corrected chi connectivity index (χ1v) is 9.52. The van der Waals surface area contributed by atoms with Crippen molar-refractivity contribution >= 4 is 17.4 Å². The van der Waals surface area contributed by atoms with Crippen LogP contribution < -0.4 is 17.0 Å². The summed E-state index contributed by atoms with van der Waals surface area (Å²) in [5.41, 5.74) is 12.4. The number of ketones is 1.